The van der Waals surface area contributed by atoms with Crippen molar-refractivity contribution in [3.63, 3.8) is 0 Å². The van der Waals surface area contributed by atoms with E-state index in [-0.39, 0.29) is 11.8 Å². The monoisotopic (exact) mass is 272 g/mol. The smallest absolute Gasteiger partial charge is 0.321 e. The lowest BCUT2D eigenvalue weighted by molar-refractivity contribution is 0.181. The number of benzene rings is 1. The lowest BCUT2D eigenvalue weighted by Crippen LogP contribution is -2.44. The molecule has 15 heavy (non-hydrogen) atoms. The lowest BCUT2D eigenvalue weighted by Gasteiger charge is -2.30. The molecule has 80 valence electrons. The predicted octanol–water partition coefficient (Wildman–Crippen LogP) is 2.83. The summed E-state index contributed by atoms with van der Waals surface area (Å²) in [6.45, 7) is 1.57. The van der Waals surface area contributed by atoms with E-state index < -0.39 is 0 Å². The van der Waals surface area contributed by atoms with Crippen molar-refractivity contribution in [1.82, 2.24) is 4.90 Å². The van der Waals surface area contributed by atoms with E-state index in [0.717, 1.165) is 19.5 Å². The minimum absolute atomic E-state index is 0.164. The zero-order valence-corrected chi connectivity index (χ0v) is 9.55. The highest BCUT2D eigenvalue weighted by Crippen LogP contribution is 2.20. The first-order valence-corrected chi connectivity index (χ1v) is 5.47. The summed E-state index contributed by atoms with van der Waals surface area (Å²) in [4.78, 5) is 13.2. The van der Waals surface area contributed by atoms with Crippen molar-refractivity contribution in [1.29, 1.82) is 0 Å². The Hall–Kier alpha value is -1.10. The fraction of sp³-hybridized carbons (Fsp3) is 0.300. The average molecular weight is 273 g/mol. The normalized spacial score (nSPS) is 14.7. The number of carbonyl (C=O) groups excluding carboxylic acids is 1. The Morgan fingerprint density at radius 3 is 2.73 bits per heavy atom. The van der Waals surface area contributed by atoms with E-state index in [9.17, 15) is 9.18 Å². The first-order chi connectivity index (χ1) is 7.16. The molecule has 1 aromatic rings. The van der Waals surface area contributed by atoms with Crippen molar-refractivity contribution < 1.29 is 9.18 Å². The Morgan fingerprint density at radius 1 is 1.47 bits per heavy atom. The van der Waals surface area contributed by atoms with Crippen LogP contribution in [0.4, 0.5) is 14.9 Å². The molecule has 1 aliphatic heterocycles. The molecular formula is C10H10BrFN2O. The molecule has 1 aromatic carbocycles. The number of hydrogen-bond donors (Lipinski definition) is 1. The third-order valence-electron chi connectivity index (χ3n) is 2.31. The van der Waals surface area contributed by atoms with Crippen LogP contribution in [0.3, 0.4) is 0 Å². The molecule has 2 rings (SSSR count). The Kier molecular flexibility index (Phi) is 2.90. The number of rotatable bonds is 1. The number of carbonyl (C=O) groups is 1. The van der Waals surface area contributed by atoms with Gasteiger partial charge in [0, 0.05) is 18.8 Å². The van der Waals surface area contributed by atoms with Crippen molar-refractivity contribution in [2.45, 2.75) is 6.42 Å². The van der Waals surface area contributed by atoms with Crippen LogP contribution in [-0.4, -0.2) is 24.0 Å². The second-order valence-electron chi connectivity index (χ2n) is 3.40. The number of halogens is 2. The van der Waals surface area contributed by atoms with Gasteiger partial charge in [0.2, 0.25) is 0 Å². The van der Waals surface area contributed by atoms with E-state index in [0.29, 0.717) is 10.2 Å². The molecule has 0 saturated carbocycles. The zero-order valence-electron chi connectivity index (χ0n) is 7.96. The summed E-state index contributed by atoms with van der Waals surface area (Å²) in [6.07, 6.45) is 1.04. The molecule has 2 amide bonds. The van der Waals surface area contributed by atoms with Gasteiger partial charge in [0.15, 0.2) is 0 Å². The van der Waals surface area contributed by atoms with Gasteiger partial charge in [-0.15, -0.1) is 0 Å². The molecule has 1 saturated heterocycles. The molecular weight excluding hydrogens is 263 g/mol. The van der Waals surface area contributed by atoms with E-state index in [4.69, 9.17) is 0 Å². The Labute approximate surface area is 95.4 Å². The van der Waals surface area contributed by atoms with Gasteiger partial charge in [-0.2, -0.15) is 0 Å². The average Bonchev–Trinajstić information content (AvgIpc) is 2.08. The first-order valence-electron chi connectivity index (χ1n) is 4.68. The summed E-state index contributed by atoms with van der Waals surface area (Å²) in [5.41, 5.74) is 0.479. The maximum atomic E-state index is 13.1. The number of urea groups is 1. The first kappa shape index (κ1) is 10.4. The highest BCUT2D eigenvalue weighted by Gasteiger charge is 2.19. The van der Waals surface area contributed by atoms with Crippen LogP contribution in [0.1, 0.15) is 6.42 Å². The summed E-state index contributed by atoms with van der Waals surface area (Å²) in [5, 5.41) is 2.64. The summed E-state index contributed by atoms with van der Waals surface area (Å²) in [5.74, 6) is -0.378. The van der Waals surface area contributed by atoms with Crippen molar-refractivity contribution in [2.24, 2.45) is 0 Å². The Morgan fingerprint density at radius 2 is 2.20 bits per heavy atom. The molecule has 1 aliphatic rings. The molecule has 0 radical (unpaired) electrons. The third kappa shape index (κ3) is 2.28. The molecule has 3 nitrogen and oxygen atoms in total. The van der Waals surface area contributed by atoms with Gasteiger partial charge in [0.25, 0.3) is 0 Å². The summed E-state index contributed by atoms with van der Waals surface area (Å²) in [6, 6.07) is 4.36. The topological polar surface area (TPSA) is 32.3 Å². The quantitative estimate of drug-likeness (QED) is 0.838. The minimum atomic E-state index is -0.378. The van der Waals surface area contributed by atoms with E-state index >= 15 is 0 Å². The van der Waals surface area contributed by atoms with Crippen molar-refractivity contribution in [3.05, 3.63) is 28.5 Å². The molecule has 0 unspecified atom stereocenters. The molecule has 0 bridgehead atoms. The molecule has 1 heterocycles. The summed E-state index contributed by atoms with van der Waals surface area (Å²) >= 11 is 3.05. The molecule has 1 fully saturated rings. The predicted molar refractivity (Wildman–Crippen MR) is 59.3 cm³/mol. The van der Waals surface area contributed by atoms with Gasteiger partial charge >= 0.3 is 6.03 Å². The summed E-state index contributed by atoms with van der Waals surface area (Å²) < 4.78 is 13.5. The molecule has 0 aromatic heterocycles. The Balaban J connectivity index is 2.03. The number of nitrogens with one attached hydrogen (secondary N) is 1. The van der Waals surface area contributed by atoms with Crippen molar-refractivity contribution in [2.75, 3.05) is 18.4 Å². The van der Waals surface area contributed by atoms with Crippen LogP contribution in [0, 0.1) is 5.82 Å². The second-order valence-corrected chi connectivity index (χ2v) is 4.25. The fourth-order valence-corrected chi connectivity index (χ4v) is 1.54. The van der Waals surface area contributed by atoms with Crippen LogP contribution < -0.4 is 5.32 Å². The van der Waals surface area contributed by atoms with Gasteiger partial charge in [-0.05, 0) is 40.5 Å². The minimum Gasteiger partial charge on any atom is -0.324 e. The van der Waals surface area contributed by atoms with Crippen LogP contribution >= 0.6 is 15.9 Å². The molecule has 5 heteroatoms. The number of nitrogens with zero attached hydrogens (tertiary/aromatic N) is 1. The number of hydrogen-bond acceptors (Lipinski definition) is 1. The van der Waals surface area contributed by atoms with E-state index in [1.165, 1.54) is 6.07 Å². The summed E-state index contributed by atoms with van der Waals surface area (Å²) in [7, 11) is 0. The van der Waals surface area contributed by atoms with Gasteiger partial charge in [-0.1, -0.05) is 0 Å². The van der Waals surface area contributed by atoms with Crippen LogP contribution in [0.25, 0.3) is 0 Å². The molecule has 0 atom stereocenters. The fourth-order valence-electron chi connectivity index (χ4n) is 1.30. The number of anilines is 1. The second kappa shape index (κ2) is 4.18. The van der Waals surface area contributed by atoms with Gasteiger partial charge in [0.1, 0.15) is 5.82 Å². The lowest BCUT2D eigenvalue weighted by atomic mass is 10.2. The van der Waals surface area contributed by atoms with E-state index in [1.807, 2.05) is 0 Å². The van der Waals surface area contributed by atoms with Gasteiger partial charge in [-0.25, -0.2) is 9.18 Å². The molecule has 0 aliphatic carbocycles. The zero-order chi connectivity index (χ0) is 10.8. The van der Waals surface area contributed by atoms with Crippen LogP contribution in [-0.2, 0) is 0 Å². The van der Waals surface area contributed by atoms with Crippen molar-refractivity contribution >= 4 is 27.6 Å². The van der Waals surface area contributed by atoms with Gasteiger partial charge < -0.3 is 10.2 Å². The third-order valence-corrected chi connectivity index (χ3v) is 2.96. The molecule has 0 spiro atoms. The standard InChI is InChI=1S/C10H10BrFN2O/c11-8-3-2-7(6-9(8)12)13-10(15)14-4-1-5-14/h2-3,6H,1,4-5H2,(H,13,15). The van der Waals surface area contributed by atoms with Gasteiger partial charge in [-0.3, -0.25) is 0 Å². The van der Waals surface area contributed by atoms with E-state index in [2.05, 4.69) is 21.2 Å². The SMILES string of the molecule is O=C(Nc1ccc(Br)c(F)c1)N1CCC1. The number of likely N-dealkylation sites (tertiary alicyclic amines) is 1. The van der Waals surface area contributed by atoms with Crippen LogP contribution in [0.2, 0.25) is 0 Å². The van der Waals surface area contributed by atoms with Crippen molar-refractivity contribution in [3.8, 4) is 0 Å². The van der Waals surface area contributed by atoms with Crippen LogP contribution in [0.5, 0.6) is 0 Å². The van der Waals surface area contributed by atoms with Crippen LogP contribution in [0.15, 0.2) is 22.7 Å². The highest BCUT2D eigenvalue weighted by atomic mass is 79.9. The number of amides is 2. The maximum Gasteiger partial charge on any atom is 0.321 e. The van der Waals surface area contributed by atoms with Gasteiger partial charge in [0.05, 0.1) is 4.47 Å². The highest BCUT2D eigenvalue weighted by molar-refractivity contribution is 9.10. The maximum absolute atomic E-state index is 13.1. The van der Waals surface area contributed by atoms with E-state index in [1.54, 1.807) is 17.0 Å². The largest absolute Gasteiger partial charge is 0.324 e. The molecule has 1 N–H and O–H groups in total. The Bertz CT molecular complexity index is 393.